The number of aromatic nitrogens is 1. The third kappa shape index (κ3) is 2.74. The van der Waals surface area contributed by atoms with E-state index in [1.807, 2.05) is 13.1 Å². The van der Waals surface area contributed by atoms with Gasteiger partial charge in [-0.1, -0.05) is 6.42 Å². The summed E-state index contributed by atoms with van der Waals surface area (Å²) in [6.07, 6.45) is 6.09. The molecule has 2 saturated heterocycles. The largest absolute Gasteiger partial charge is 0.367 e. The Hall–Kier alpha value is -1.13. The summed E-state index contributed by atoms with van der Waals surface area (Å²) in [5.74, 6) is 0. The van der Waals surface area contributed by atoms with Gasteiger partial charge < -0.3 is 10.6 Å². The van der Waals surface area contributed by atoms with E-state index >= 15 is 0 Å². The monoisotopic (exact) mass is 260 g/mol. The molecular weight excluding hydrogens is 236 g/mol. The molecule has 0 bridgehead atoms. The Morgan fingerprint density at radius 1 is 1.26 bits per heavy atom. The zero-order chi connectivity index (χ0) is 13.2. The number of piperidine rings is 1. The number of pyridine rings is 1. The Morgan fingerprint density at radius 2 is 2.16 bits per heavy atom. The van der Waals surface area contributed by atoms with Crippen LogP contribution >= 0.6 is 0 Å². The second kappa shape index (κ2) is 5.47. The highest BCUT2D eigenvalue weighted by atomic mass is 15.3. The highest BCUT2D eigenvalue weighted by molar-refractivity contribution is 5.45. The molecule has 1 aromatic rings. The third-order valence-corrected chi connectivity index (χ3v) is 4.44. The number of anilines is 1. The molecule has 0 aliphatic carbocycles. The predicted molar refractivity (Wildman–Crippen MR) is 78.3 cm³/mol. The van der Waals surface area contributed by atoms with E-state index in [4.69, 9.17) is 5.73 Å². The van der Waals surface area contributed by atoms with Crippen LogP contribution in [0.2, 0.25) is 0 Å². The minimum absolute atomic E-state index is 0.0178. The van der Waals surface area contributed by atoms with Gasteiger partial charge in [0.15, 0.2) is 0 Å². The van der Waals surface area contributed by atoms with Crippen molar-refractivity contribution in [2.75, 3.05) is 31.1 Å². The lowest BCUT2D eigenvalue weighted by atomic mass is 9.99. The van der Waals surface area contributed by atoms with Gasteiger partial charge in [-0.05, 0) is 38.4 Å². The number of rotatable bonds is 2. The standard InChI is InChI=1S/C15H24N4/c1-12(16)15-6-5-13(10-17-15)19-9-8-18-7-3-2-4-14(18)11-19/h5-6,10,12,14H,2-4,7-9,11,16H2,1H3/t12-,14?/m0/s1. The summed E-state index contributed by atoms with van der Waals surface area (Å²) < 4.78 is 0. The molecule has 4 heteroatoms. The Labute approximate surface area is 115 Å². The lowest BCUT2D eigenvalue weighted by Gasteiger charge is -2.44. The van der Waals surface area contributed by atoms with E-state index < -0.39 is 0 Å². The van der Waals surface area contributed by atoms with Crippen LogP contribution in [0.3, 0.4) is 0 Å². The number of nitrogens with zero attached hydrogens (tertiary/aromatic N) is 3. The van der Waals surface area contributed by atoms with Crippen molar-refractivity contribution in [3.8, 4) is 0 Å². The van der Waals surface area contributed by atoms with Gasteiger partial charge in [0.25, 0.3) is 0 Å². The summed E-state index contributed by atoms with van der Waals surface area (Å²) in [5.41, 5.74) is 8.06. The first-order valence-electron chi connectivity index (χ1n) is 7.44. The van der Waals surface area contributed by atoms with Crippen LogP contribution in [0.4, 0.5) is 5.69 Å². The number of piperazine rings is 1. The van der Waals surface area contributed by atoms with Gasteiger partial charge in [0.1, 0.15) is 0 Å². The second-order valence-electron chi connectivity index (χ2n) is 5.86. The molecule has 3 heterocycles. The Kier molecular flexibility index (Phi) is 3.71. The molecule has 2 atom stereocenters. The van der Waals surface area contributed by atoms with Crippen molar-refractivity contribution in [3.05, 3.63) is 24.0 Å². The van der Waals surface area contributed by atoms with Gasteiger partial charge in [-0.3, -0.25) is 9.88 Å². The van der Waals surface area contributed by atoms with Gasteiger partial charge in [-0.2, -0.15) is 0 Å². The minimum Gasteiger partial charge on any atom is -0.367 e. The van der Waals surface area contributed by atoms with E-state index in [0.29, 0.717) is 0 Å². The van der Waals surface area contributed by atoms with Crippen LogP contribution in [0.15, 0.2) is 18.3 Å². The van der Waals surface area contributed by atoms with Crippen LogP contribution in [0.1, 0.15) is 37.9 Å². The average Bonchev–Trinajstić information content (AvgIpc) is 2.47. The van der Waals surface area contributed by atoms with Gasteiger partial charge in [-0.15, -0.1) is 0 Å². The molecule has 0 radical (unpaired) electrons. The maximum Gasteiger partial charge on any atom is 0.0569 e. The number of hydrogen-bond acceptors (Lipinski definition) is 4. The first-order valence-corrected chi connectivity index (χ1v) is 7.44. The van der Waals surface area contributed by atoms with Crippen molar-refractivity contribution in [2.45, 2.75) is 38.3 Å². The highest BCUT2D eigenvalue weighted by Crippen LogP contribution is 2.24. The number of nitrogens with two attached hydrogens (primary N) is 1. The summed E-state index contributed by atoms with van der Waals surface area (Å²) in [5, 5.41) is 0. The minimum atomic E-state index is 0.0178. The molecule has 0 aromatic carbocycles. The topological polar surface area (TPSA) is 45.4 Å². The molecule has 3 rings (SSSR count). The molecule has 0 spiro atoms. The van der Waals surface area contributed by atoms with Crippen molar-refractivity contribution in [1.29, 1.82) is 0 Å². The van der Waals surface area contributed by atoms with Gasteiger partial charge in [0, 0.05) is 31.7 Å². The van der Waals surface area contributed by atoms with Crippen molar-refractivity contribution in [2.24, 2.45) is 5.73 Å². The van der Waals surface area contributed by atoms with E-state index in [9.17, 15) is 0 Å². The zero-order valence-corrected chi connectivity index (χ0v) is 11.8. The first-order chi connectivity index (χ1) is 9.24. The van der Waals surface area contributed by atoms with Crippen LogP contribution in [-0.2, 0) is 0 Å². The average molecular weight is 260 g/mol. The van der Waals surface area contributed by atoms with Crippen LogP contribution in [0.5, 0.6) is 0 Å². The van der Waals surface area contributed by atoms with Crippen LogP contribution < -0.4 is 10.6 Å². The van der Waals surface area contributed by atoms with Crippen molar-refractivity contribution < 1.29 is 0 Å². The molecular formula is C15H24N4. The van der Waals surface area contributed by atoms with Gasteiger partial charge in [0.05, 0.1) is 17.6 Å². The molecule has 2 aliphatic rings. The van der Waals surface area contributed by atoms with Crippen LogP contribution in [-0.4, -0.2) is 42.1 Å². The molecule has 1 unspecified atom stereocenters. The SMILES string of the molecule is C[C@H](N)c1ccc(N2CCN3CCCCC3C2)cn1. The second-order valence-corrected chi connectivity index (χ2v) is 5.86. The third-order valence-electron chi connectivity index (χ3n) is 4.44. The summed E-state index contributed by atoms with van der Waals surface area (Å²) in [6, 6.07) is 5.00. The summed E-state index contributed by atoms with van der Waals surface area (Å²) in [7, 11) is 0. The number of fused-ring (bicyclic) bond motifs is 1. The normalized spacial score (nSPS) is 26.0. The van der Waals surface area contributed by atoms with E-state index in [2.05, 4.69) is 26.9 Å². The zero-order valence-electron chi connectivity index (χ0n) is 11.8. The van der Waals surface area contributed by atoms with E-state index in [0.717, 1.165) is 24.8 Å². The lowest BCUT2D eigenvalue weighted by molar-refractivity contribution is 0.133. The summed E-state index contributed by atoms with van der Waals surface area (Å²) in [4.78, 5) is 9.61. The van der Waals surface area contributed by atoms with Crippen molar-refractivity contribution in [1.82, 2.24) is 9.88 Å². The van der Waals surface area contributed by atoms with Crippen LogP contribution in [0, 0.1) is 0 Å². The van der Waals surface area contributed by atoms with E-state index in [-0.39, 0.29) is 6.04 Å². The molecule has 104 valence electrons. The fourth-order valence-corrected chi connectivity index (χ4v) is 3.24. The first kappa shape index (κ1) is 12.9. The molecule has 2 N–H and O–H groups in total. The molecule has 0 saturated carbocycles. The molecule has 2 aliphatic heterocycles. The summed E-state index contributed by atoms with van der Waals surface area (Å²) >= 11 is 0. The Morgan fingerprint density at radius 3 is 2.89 bits per heavy atom. The highest BCUT2D eigenvalue weighted by Gasteiger charge is 2.28. The molecule has 19 heavy (non-hydrogen) atoms. The molecule has 4 nitrogen and oxygen atoms in total. The maximum absolute atomic E-state index is 5.85. The van der Waals surface area contributed by atoms with Gasteiger partial charge in [-0.25, -0.2) is 0 Å². The van der Waals surface area contributed by atoms with E-state index in [1.165, 1.54) is 38.0 Å². The molecule has 1 aromatic heterocycles. The van der Waals surface area contributed by atoms with Crippen molar-refractivity contribution in [3.63, 3.8) is 0 Å². The predicted octanol–water partition coefficient (Wildman–Crippen LogP) is 1.78. The number of hydrogen-bond donors (Lipinski definition) is 1. The smallest absolute Gasteiger partial charge is 0.0569 e. The molecule has 2 fully saturated rings. The fourth-order valence-electron chi connectivity index (χ4n) is 3.24. The van der Waals surface area contributed by atoms with Crippen LogP contribution in [0.25, 0.3) is 0 Å². The van der Waals surface area contributed by atoms with Gasteiger partial charge in [0.2, 0.25) is 0 Å². The van der Waals surface area contributed by atoms with E-state index in [1.54, 1.807) is 0 Å². The maximum atomic E-state index is 5.85. The fraction of sp³-hybridized carbons (Fsp3) is 0.667. The Balaban J connectivity index is 1.69. The Bertz CT molecular complexity index is 415. The lowest BCUT2D eigenvalue weighted by Crippen LogP contribution is -2.54. The van der Waals surface area contributed by atoms with Gasteiger partial charge >= 0.3 is 0 Å². The summed E-state index contributed by atoms with van der Waals surface area (Å²) in [6.45, 7) is 6.73. The molecule has 0 amide bonds. The quantitative estimate of drug-likeness (QED) is 0.880. The van der Waals surface area contributed by atoms with Crippen molar-refractivity contribution >= 4 is 5.69 Å².